The fraction of sp³-hybridized carbons (Fsp3) is 0.389. The number of alkyl halides is 3. The molecule has 0 spiro atoms. The van der Waals surface area contributed by atoms with Crippen LogP contribution in [0.1, 0.15) is 16.0 Å². The number of guanidine groups is 1. The van der Waals surface area contributed by atoms with Gasteiger partial charge in [-0.05, 0) is 29.0 Å². The maximum atomic E-state index is 12.1. The fourth-order valence-electron chi connectivity index (χ4n) is 2.20. The highest BCUT2D eigenvalue weighted by Gasteiger charge is 2.27. The molecule has 0 aliphatic heterocycles. The lowest BCUT2D eigenvalue weighted by Crippen LogP contribution is -2.37. The van der Waals surface area contributed by atoms with E-state index < -0.39 is 12.8 Å². The number of nitrogens with zero attached hydrogens (tertiary/aromatic N) is 1. The number of hydrogen-bond acceptors (Lipinski definition) is 3. The van der Waals surface area contributed by atoms with E-state index in [1.807, 2.05) is 18.2 Å². The Labute approximate surface area is 155 Å². The van der Waals surface area contributed by atoms with Crippen LogP contribution in [0.25, 0.3) is 0 Å². The van der Waals surface area contributed by atoms with Crippen LogP contribution >= 0.6 is 11.3 Å². The maximum Gasteiger partial charge on any atom is 0.411 e. The van der Waals surface area contributed by atoms with E-state index in [9.17, 15) is 13.2 Å². The van der Waals surface area contributed by atoms with Gasteiger partial charge in [-0.3, -0.25) is 4.99 Å². The number of halogens is 3. The lowest BCUT2D eigenvalue weighted by molar-refractivity contribution is -0.176. The average molecular weight is 385 g/mol. The van der Waals surface area contributed by atoms with Crippen LogP contribution in [0.15, 0.2) is 46.8 Å². The standard InChI is InChI=1S/C18H22F3N3OS/c1-22-17(23-9-8-16-3-2-10-26-16)24-11-14-4-6-15(7-5-14)12-25-13-18(19,20)21/h2-7,10H,8-9,11-13H2,1H3,(H2,22,23,24). The summed E-state index contributed by atoms with van der Waals surface area (Å²) < 4.78 is 40.8. The quantitative estimate of drug-likeness (QED) is 0.538. The normalized spacial score (nSPS) is 12.2. The van der Waals surface area contributed by atoms with Crippen LogP contribution in [0.5, 0.6) is 0 Å². The van der Waals surface area contributed by atoms with Crippen molar-refractivity contribution in [1.82, 2.24) is 10.6 Å². The highest BCUT2D eigenvalue weighted by molar-refractivity contribution is 7.09. The van der Waals surface area contributed by atoms with Crippen LogP contribution in [-0.4, -0.2) is 32.3 Å². The molecule has 0 amide bonds. The van der Waals surface area contributed by atoms with Crippen LogP contribution in [0.3, 0.4) is 0 Å². The van der Waals surface area contributed by atoms with Crippen molar-refractivity contribution >= 4 is 17.3 Å². The first-order valence-corrected chi connectivity index (χ1v) is 9.03. The molecule has 8 heteroatoms. The van der Waals surface area contributed by atoms with Gasteiger partial charge in [0.05, 0.1) is 6.61 Å². The molecule has 2 N–H and O–H groups in total. The van der Waals surface area contributed by atoms with E-state index in [4.69, 9.17) is 0 Å². The number of thiophene rings is 1. The summed E-state index contributed by atoms with van der Waals surface area (Å²) in [6.45, 7) is 0.0704. The minimum absolute atomic E-state index is 0.0564. The number of rotatable bonds is 8. The first kappa shape index (κ1) is 20.3. The van der Waals surface area contributed by atoms with E-state index in [-0.39, 0.29) is 6.61 Å². The Morgan fingerprint density at radius 2 is 1.85 bits per heavy atom. The van der Waals surface area contributed by atoms with Crippen molar-refractivity contribution in [3.8, 4) is 0 Å². The summed E-state index contributed by atoms with van der Waals surface area (Å²) in [7, 11) is 1.71. The molecule has 0 saturated heterocycles. The molecule has 0 bridgehead atoms. The third kappa shape index (κ3) is 7.88. The largest absolute Gasteiger partial charge is 0.411 e. The first-order valence-electron chi connectivity index (χ1n) is 8.15. The van der Waals surface area contributed by atoms with Crippen molar-refractivity contribution in [3.63, 3.8) is 0 Å². The molecule has 142 valence electrons. The Morgan fingerprint density at radius 3 is 2.46 bits per heavy atom. The fourth-order valence-corrected chi connectivity index (χ4v) is 2.91. The van der Waals surface area contributed by atoms with Crippen LogP contribution in [0.2, 0.25) is 0 Å². The van der Waals surface area contributed by atoms with E-state index in [0.29, 0.717) is 18.1 Å². The third-order valence-electron chi connectivity index (χ3n) is 3.48. The molecular weight excluding hydrogens is 363 g/mol. The van der Waals surface area contributed by atoms with Gasteiger partial charge in [-0.15, -0.1) is 11.3 Å². The average Bonchev–Trinajstić information content (AvgIpc) is 3.11. The maximum absolute atomic E-state index is 12.1. The lowest BCUT2D eigenvalue weighted by atomic mass is 10.1. The number of benzene rings is 1. The molecule has 26 heavy (non-hydrogen) atoms. The van der Waals surface area contributed by atoms with Crippen molar-refractivity contribution in [2.75, 3.05) is 20.2 Å². The summed E-state index contributed by atoms with van der Waals surface area (Å²) in [4.78, 5) is 5.49. The molecule has 0 fully saturated rings. The Balaban J connectivity index is 1.70. The molecule has 2 aromatic rings. The monoisotopic (exact) mass is 385 g/mol. The van der Waals surface area contributed by atoms with Gasteiger partial charge in [-0.2, -0.15) is 13.2 Å². The minimum atomic E-state index is -4.30. The van der Waals surface area contributed by atoms with Crippen LogP contribution in [-0.2, 0) is 24.3 Å². The van der Waals surface area contributed by atoms with Gasteiger partial charge in [0.25, 0.3) is 0 Å². The van der Waals surface area contributed by atoms with Crippen molar-refractivity contribution in [1.29, 1.82) is 0 Å². The highest BCUT2D eigenvalue weighted by Crippen LogP contribution is 2.15. The molecule has 0 aliphatic carbocycles. The second-order valence-electron chi connectivity index (χ2n) is 5.61. The molecule has 0 saturated carbocycles. The van der Waals surface area contributed by atoms with Crippen molar-refractivity contribution < 1.29 is 17.9 Å². The van der Waals surface area contributed by atoms with Crippen molar-refractivity contribution in [3.05, 3.63) is 57.8 Å². The Hall–Kier alpha value is -2.06. The Morgan fingerprint density at radius 1 is 1.12 bits per heavy atom. The second-order valence-corrected chi connectivity index (χ2v) is 6.64. The Bertz CT molecular complexity index is 670. The summed E-state index contributed by atoms with van der Waals surface area (Å²) in [5.41, 5.74) is 1.71. The molecule has 1 aromatic carbocycles. The topological polar surface area (TPSA) is 45.7 Å². The van der Waals surface area contributed by atoms with Gasteiger partial charge in [0.2, 0.25) is 0 Å². The SMILES string of the molecule is CN=C(NCCc1cccs1)NCc1ccc(COCC(F)(F)F)cc1. The molecule has 0 radical (unpaired) electrons. The first-order chi connectivity index (χ1) is 12.5. The van der Waals surface area contributed by atoms with Gasteiger partial charge >= 0.3 is 6.18 Å². The van der Waals surface area contributed by atoms with Crippen molar-refractivity contribution in [2.45, 2.75) is 25.7 Å². The lowest BCUT2D eigenvalue weighted by Gasteiger charge is -2.12. The molecule has 0 atom stereocenters. The number of aliphatic imine (C=N–C) groups is 1. The van der Waals surface area contributed by atoms with Gasteiger partial charge in [0, 0.05) is 25.0 Å². The van der Waals surface area contributed by atoms with Gasteiger partial charge < -0.3 is 15.4 Å². The molecule has 2 rings (SSSR count). The summed E-state index contributed by atoms with van der Waals surface area (Å²) >= 11 is 1.73. The van der Waals surface area contributed by atoms with E-state index in [1.54, 1.807) is 30.5 Å². The smallest absolute Gasteiger partial charge is 0.367 e. The number of nitrogens with one attached hydrogen (secondary N) is 2. The summed E-state index contributed by atoms with van der Waals surface area (Å²) in [5.74, 6) is 0.708. The molecule has 1 aromatic heterocycles. The van der Waals surface area contributed by atoms with Crippen LogP contribution in [0, 0.1) is 0 Å². The van der Waals surface area contributed by atoms with E-state index in [1.165, 1.54) is 4.88 Å². The molecule has 4 nitrogen and oxygen atoms in total. The van der Waals surface area contributed by atoms with E-state index >= 15 is 0 Å². The Kier molecular flexibility index (Phi) is 7.93. The molecular formula is C18H22F3N3OS. The zero-order valence-electron chi connectivity index (χ0n) is 14.5. The van der Waals surface area contributed by atoms with Crippen LogP contribution in [0.4, 0.5) is 13.2 Å². The molecule has 1 heterocycles. The summed E-state index contributed by atoms with van der Waals surface area (Å²) in [5, 5.41) is 8.52. The zero-order valence-corrected chi connectivity index (χ0v) is 15.3. The predicted molar refractivity (Wildman–Crippen MR) is 98.4 cm³/mol. The summed E-state index contributed by atoms with van der Waals surface area (Å²) in [6.07, 6.45) is -3.36. The summed E-state index contributed by atoms with van der Waals surface area (Å²) in [6, 6.07) is 11.4. The second kappa shape index (κ2) is 10.2. The van der Waals surface area contributed by atoms with Crippen molar-refractivity contribution in [2.24, 2.45) is 4.99 Å². The molecule has 0 aliphatic rings. The highest BCUT2D eigenvalue weighted by atomic mass is 32.1. The molecule has 0 unspecified atom stereocenters. The number of ether oxygens (including phenoxy) is 1. The van der Waals surface area contributed by atoms with Crippen LogP contribution < -0.4 is 10.6 Å². The van der Waals surface area contributed by atoms with E-state index in [2.05, 4.69) is 31.8 Å². The van der Waals surface area contributed by atoms with Gasteiger partial charge in [0.1, 0.15) is 6.61 Å². The number of hydrogen-bond donors (Lipinski definition) is 2. The van der Waals surface area contributed by atoms with Gasteiger partial charge in [0.15, 0.2) is 5.96 Å². The third-order valence-corrected chi connectivity index (χ3v) is 4.42. The predicted octanol–water partition coefficient (Wildman–Crippen LogP) is 3.73. The van der Waals surface area contributed by atoms with Gasteiger partial charge in [-0.25, -0.2) is 0 Å². The van der Waals surface area contributed by atoms with E-state index in [0.717, 1.165) is 18.5 Å². The zero-order chi connectivity index (χ0) is 18.8. The minimum Gasteiger partial charge on any atom is -0.367 e. The van der Waals surface area contributed by atoms with Gasteiger partial charge in [-0.1, -0.05) is 30.3 Å².